The van der Waals surface area contributed by atoms with E-state index in [1.807, 2.05) is 0 Å². The molecule has 0 radical (unpaired) electrons. The second kappa shape index (κ2) is 13.8. The van der Waals surface area contributed by atoms with Crippen LogP contribution in [0.3, 0.4) is 0 Å². The number of aryl methyl sites for hydroxylation is 1. The zero-order valence-corrected chi connectivity index (χ0v) is 22.0. The number of unbranched alkanes of at least 4 members (excludes halogenated alkanes) is 4. The highest BCUT2D eigenvalue weighted by molar-refractivity contribution is 5.17. The molecule has 0 aliphatic heterocycles. The second-order valence-electron chi connectivity index (χ2n) is 11.6. The van der Waals surface area contributed by atoms with Gasteiger partial charge >= 0.3 is 0 Å². The van der Waals surface area contributed by atoms with Crippen LogP contribution >= 0.6 is 0 Å². The Kier molecular flexibility index (Phi) is 11.1. The van der Waals surface area contributed by atoms with Crippen LogP contribution in [0.2, 0.25) is 0 Å². The molecule has 0 N–H and O–H groups in total. The summed E-state index contributed by atoms with van der Waals surface area (Å²) >= 11 is 0. The maximum atomic E-state index is 4.92. The fraction of sp³-hybridized carbons (Fsp3) is 0.839. The molecule has 2 aliphatic carbocycles. The lowest BCUT2D eigenvalue weighted by molar-refractivity contribution is 0.118. The van der Waals surface area contributed by atoms with E-state index in [0.29, 0.717) is 5.92 Å². The first-order valence-corrected chi connectivity index (χ1v) is 14.6. The molecule has 1 nitrogen and oxygen atoms in total. The molecule has 2 aliphatic rings. The lowest BCUT2D eigenvalue weighted by atomic mass is 9.66. The maximum absolute atomic E-state index is 4.92. The Hall–Kier alpha value is -0.850. The summed E-state index contributed by atoms with van der Waals surface area (Å²) in [4.78, 5) is 4.92. The first-order valence-electron chi connectivity index (χ1n) is 14.6. The maximum Gasteiger partial charge on any atom is 0.0434 e. The summed E-state index contributed by atoms with van der Waals surface area (Å²) < 4.78 is 0. The van der Waals surface area contributed by atoms with Crippen molar-refractivity contribution < 1.29 is 0 Å². The number of aromatic nitrogens is 1. The SMILES string of the molecule is CCCCCCCc1ccc(C(C)C2CCC(C(C)C3CCC(CCC)CC3)CC2)nc1. The Labute approximate surface area is 200 Å². The summed E-state index contributed by atoms with van der Waals surface area (Å²) in [5.74, 6) is 5.44. The minimum absolute atomic E-state index is 0.620. The fourth-order valence-corrected chi connectivity index (χ4v) is 6.99. The van der Waals surface area contributed by atoms with Crippen LogP contribution in [0.15, 0.2) is 18.3 Å². The highest BCUT2D eigenvalue weighted by atomic mass is 14.7. The smallest absolute Gasteiger partial charge is 0.0434 e. The molecular formula is C31H53N. The summed E-state index contributed by atoms with van der Waals surface area (Å²) in [5, 5.41) is 0. The van der Waals surface area contributed by atoms with Crippen molar-refractivity contribution in [3.05, 3.63) is 29.6 Å². The lowest BCUT2D eigenvalue weighted by Gasteiger charge is -2.40. The van der Waals surface area contributed by atoms with Gasteiger partial charge in [-0.05, 0) is 92.6 Å². The molecule has 3 rings (SSSR count). The van der Waals surface area contributed by atoms with Crippen LogP contribution in [0.25, 0.3) is 0 Å². The molecule has 1 aromatic rings. The van der Waals surface area contributed by atoms with Crippen molar-refractivity contribution in [2.24, 2.45) is 29.6 Å². The van der Waals surface area contributed by atoms with Gasteiger partial charge in [0.2, 0.25) is 0 Å². The molecule has 182 valence electrons. The first-order chi connectivity index (χ1) is 15.6. The second-order valence-corrected chi connectivity index (χ2v) is 11.6. The van der Waals surface area contributed by atoms with Gasteiger partial charge in [0.1, 0.15) is 0 Å². The van der Waals surface area contributed by atoms with E-state index >= 15 is 0 Å². The fourth-order valence-electron chi connectivity index (χ4n) is 6.99. The van der Waals surface area contributed by atoms with Crippen LogP contribution in [0.1, 0.15) is 141 Å². The topological polar surface area (TPSA) is 12.9 Å². The van der Waals surface area contributed by atoms with E-state index in [9.17, 15) is 0 Å². The van der Waals surface area contributed by atoms with Crippen LogP contribution < -0.4 is 0 Å². The van der Waals surface area contributed by atoms with E-state index in [4.69, 9.17) is 4.98 Å². The number of hydrogen-bond donors (Lipinski definition) is 0. The molecule has 0 saturated heterocycles. The summed E-state index contributed by atoms with van der Waals surface area (Å²) in [6, 6.07) is 4.71. The molecule has 0 bridgehead atoms. The number of pyridine rings is 1. The number of rotatable bonds is 12. The minimum Gasteiger partial charge on any atom is -0.261 e. The predicted molar refractivity (Wildman–Crippen MR) is 140 cm³/mol. The van der Waals surface area contributed by atoms with Crippen molar-refractivity contribution >= 4 is 0 Å². The van der Waals surface area contributed by atoms with E-state index in [2.05, 4.69) is 46.0 Å². The summed E-state index contributed by atoms with van der Waals surface area (Å²) in [7, 11) is 0. The molecule has 1 aromatic heterocycles. The average Bonchev–Trinajstić information content (AvgIpc) is 2.84. The number of nitrogens with zero attached hydrogens (tertiary/aromatic N) is 1. The van der Waals surface area contributed by atoms with Gasteiger partial charge in [-0.3, -0.25) is 4.98 Å². The normalized spacial score (nSPS) is 28.4. The minimum atomic E-state index is 0.620. The molecular weight excluding hydrogens is 386 g/mol. The van der Waals surface area contributed by atoms with Gasteiger partial charge in [-0.15, -0.1) is 0 Å². The summed E-state index contributed by atoms with van der Waals surface area (Å²) in [6.07, 6.45) is 24.8. The van der Waals surface area contributed by atoms with Gasteiger partial charge in [0.15, 0.2) is 0 Å². The third-order valence-corrected chi connectivity index (χ3v) is 9.48. The largest absolute Gasteiger partial charge is 0.261 e. The van der Waals surface area contributed by atoms with Gasteiger partial charge in [0.25, 0.3) is 0 Å². The monoisotopic (exact) mass is 439 g/mol. The average molecular weight is 440 g/mol. The third-order valence-electron chi connectivity index (χ3n) is 9.48. The quantitative estimate of drug-likeness (QED) is 0.295. The molecule has 1 heteroatoms. The lowest BCUT2D eigenvalue weighted by Crippen LogP contribution is -2.29. The Morgan fingerprint density at radius 1 is 0.750 bits per heavy atom. The molecule has 0 amide bonds. The van der Waals surface area contributed by atoms with Crippen molar-refractivity contribution in [1.82, 2.24) is 4.98 Å². The van der Waals surface area contributed by atoms with Crippen LogP contribution in [-0.4, -0.2) is 4.98 Å². The van der Waals surface area contributed by atoms with Gasteiger partial charge in [-0.1, -0.05) is 85.1 Å². The van der Waals surface area contributed by atoms with Gasteiger partial charge in [0, 0.05) is 17.8 Å². The van der Waals surface area contributed by atoms with Crippen molar-refractivity contribution in [3.8, 4) is 0 Å². The van der Waals surface area contributed by atoms with Crippen LogP contribution in [0, 0.1) is 29.6 Å². The van der Waals surface area contributed by atoms with Gasteiger partial charge < -0.3 is 0 Å². The Balaban J connectivity index is 1.39. The van der Waals surface area contributed by atoms with E-state index in [1.165, 1.54) is 114 Å². The van der Waals surface area contributed by atoms with Crippen molar-refractivity contribution in [3.63, 3.8) is 0 Å². The highest BCUT2D eigenvalue weighted by Crippen LogP contribution is 2.45. The summed E-state index contributed by atoms with van der Waals surface area (Å²) in [5.41, 5.74) is 2.77. The standard InChI is InChI=1S/C31H53N/c1-5-7-8-9-10-12-27-15-22-31(32-23-27)25(4)30-20-18-29(19-21-30)24(3)28-16-13-26(11-6-2)14-17-28/h15,22-26,28-30H,5-14,16-21H2,1-4H3. The Morgan fingerprint density at radius 3 is 1.97 bits per heavy atom. The molecule has 2 unspecified atom stereocenters. The van der Waals surface area contributed by atoms with Crippen LogP contribution in [-0.2, 0) is 6.42 Å². The summed E-state index contributed by atoms with van der Waals surface area (Å²) in [6.45, 7) is 9.68. The first kappa shape index (κ1) is 25.8. The zero-order chi connectivity index (χ0) is 22.8. The Morgan fingerprint density at radius 2 is 1.38 bits per heavy atom. The molecule has 0 spiro atoms. The van der Waals surface area contributed by atoms with Crippen molar-refractivity contribution in [1.29, 1.82) is 0 Å². The van der Waals surface area contributed by atoms with E-state index in [1.54, 1.807) is 0 Å². The van der Waals surface area contributed by atoms with Gasteiger partial charge in [-0.25, -0.2) is 0 Å². The van der Waals surface area contributed by atoms with Crippen LogP contribution in [0.5, 0.6) is 0 Å². The molecule has 0 aromatic carbocycles. The molecule has 32 heavy (non-hydrogen) atoms. The highest BCUT2D eigenvalue weighted by Gasteiger charge is 2.33. The third kappa shape index (κ3) is 7.59. The van der Waals surface area contributed by atoms with E-state index in [0.717, 1.165) is 29.6 Å². The molecule has 2 fully saturated rings. The van der Waals surface area contributed by atoms with Gasteiger partial charge in [-0.2, -0.15) is 0 Å². The molecule has 1 heterocycles. The molecule has 2 saturated carbocycles. The number of hydrogen-bond acceptors (Lipinski definition) is 1. The van der Waals surface area contributed by atoms with Crippen molar-refractivity contribution in [2.45, 2.75) is 136 Å². The predicted octanol–water partition coefficient (Wildman–Crippen LogP) is 9.75. The van der Waals surface area contributed by atoms with E-state index in [-0.39, 0.29) is 0 Å². The molecule has 2 atom stereocenters. The zero-order valence-electron chi connectivity index (χ0n) is 22.0. The Bertz CT molecular complexity index is 604. The van der Waals surface area contributed by atoms with E-state index < -0.39 is 0 Å². The van der Waals surface area contributed by atoms with Crippen LogP contribution in [0.4, 0.5) is 0 Å². The van der Waals surface area contributed by atoms with Gasteiger partial charge in [0.05, 0.1) is 0 Å². The van der Waals surface area contributed by atoms with Crippen molar-refractivity contribution in [2.75, 3.05) is 0 Å².